The van der Waals surface area contributed by atoms with E-state index in [0.717, 1.165) is 26.1 Å². The summed E-state index contributed by atoms with van der Waals surface area (Å²) in [4.78, 5) is 12.0. The van der Waals surface area contributed by atoms with Crippen molar-refractivity contribution < 1.29 is 4.79 Å². The second-order valence-corrected chi connectivity index (χ2v) is 12.7. The van der Waals surface area contributed by atoms with Crippen LogP contribution in [-0.4, -0.2) is 25.5 Å². The van der Waals surface area contributed by atoms with Crippen LogP contribution in [0.15, 0.2) is 12.2 Å². The summed E-state index contributed by atoms with van der Waals surface area (Å²) >= 11 is 0. The van der Waals surface area contributed by atoms with Crippen LogP contribution in [0, 0.1) is 0 Å². The second kappa shape index (κ2) is 37.2. The van der Waals surface area contributed by atoms with E-state index in [1.54, 1.807) is 0 Å². The van der Waals surface area contributed by atoms with Crippen molar-refractivity contribution in [2.75, 3.05) is 19.6 Å². The van der Waals surface area contributed by atoms with Crippen LogP contribution in [0.2, 0.25) is 0 Å². The summed E-state index contributed by atoms with van der Waals surface area (Å²) < 4.78 is 0. The summed E-state index contributed by atoms with van der Waals surface area (Å²) in [6, 6.07) is 0. The van der Waals surface area contributed by atoms with Crippen LogP contribution in [0.5, 0.6) is 0 Å². The van der Waals surface area contributed by atoms with Gasteiger partial charge in [0.05, 0.1) is 0 Å². The average Bonchev–Trinajstić information content (AvgIpc) is 2.98. The van der Waals surface area contributed by atoms with Crippen LogP contribution in [-0.2, 0) is 4.79 Å². The molecular formula is C38H76N2O. The molecule has 0 unspecified atom stereocenters. The molecule has 0 fully saturated rings. The second-order valence-electron chi connectivity index (χ2n) is 12.7. The molecular weight excluding hydrogens is 500 g/mol. The van der Waals surface area contributed by atoms with E-state index in [1.807, 2.05) is 0 Å². The molecule has 0 rings (SSSR count). The number of unbranched alkanes of at least 4 members (excludes halogenated alkanes) is 26. The van der Waals surface area contributed by atoms with Crippen molar-refractivity contribution in [1.82, 2.24) is 10.6 Å². The summed E-state index contributed by atoms with van der Waals surface area (Å²) in [6.45, 7) is 7.33. The number of hydrogen-bond acceptors (Lipinski definition) is 2. The Labute approximate surface area is 259 Å². The smallest absolute Gasteiger partial charge is 0.220 e. The molecule has 244 valence electrons. The quantitative estimate of drug-likeness (QED) is 0.0582. The molecule has 0 heterocycles. The Balaban J connectivity index is 3.17. The number of carbonyl (C=O) groups is 1. The Kier molecular flexibility index (Phi) is 36.4. The Morgan fingerprint density at radius 2 is 0.780 bits per heavy atom. The maximum atomic E-state index is 12.0. The number of nitrogens with one attached hydrogen (secondary N) is 2. The van der Waals surface area contributed by atoms with Gasteiger partial charge in [-0.15, -0.1) is 0 Å². The van der Waals surface area contributed by atoms with Crippen LogP contribution in [0.4, 0.5) is 0 Å². The van der Waals surface area contributed by atoms with Gasteiger partial charge >= 0.3 is 0 Å². The van der Waals surface area contributed by atoms with E-state index in [4.69, 9.17) is 0 Å². The fourth-order valence-electron chi connectivity index (χ4n) is 5.66. The van der Waals surface area contributed by atoms with Gasteiger partial charge in [0, 0.05) is 19.5 Å². The van der Waals surface area contributed by atoms with Crippen molar-refractivity contribution in [3.63, 3.8) is 0 Å². The molecule has 0 saturated heterocycles. The molecule has 0 atom stereocenters. The van der Waals surface area contributed by atoms with Gasteiger partial charge < -0.3 is 10.6 Å². The fourth-order valence-corrected chi connectivity index (χ4v) is 5.66. The lowest BCUT2D eigenvalue weighted by Crippen LogP contribution is -2.32. The summed E-state index contributed by atoms with van der Waals surface area (Å²) in [7, 11) is 0. The highest BCUT2D eigenvalue weighted by Crippen LogP contribution is 2.14. The van der Waals surface area contributed by atoms with Gasteiger partial charge in [-0.1, -0.05) is 174 Å². The summed E-state index contributed by atoms with van der Waals surface area (Å²) in [6.07, 6.45) is 45.0. The van der Waals surface area contributed by atoms with Gasteiger partial charge in [0.1, 0.15) is 0 Å². The third kappa shape index (κ3) is 37.1. The zero-order valence-corrected chi connectivity index (χ0v) is 28.4. The first-order valence-corrected chi connectivity index (χ1v) is 18.9. The van der Waals surface area contributed by atoms with Crippen molar-refractivity contribution in [2.24, 2.45) is 0 Å². The Bertz CT molecular complexity index is 518. The van der Waals surface area contributed by atoms with Crippen molar-refractivity contribution in [3.8, 4) is 0 Å². The lowest BCUT2D eigenvalue weighted by atomic mass is 10.0. The van der Waals surface area contributed by atoms with Gasteiger partial charge in [-0.2, -0.15) is 0 Å². The van der Waals surface area contributed by atoms with Gasteiger partial charge in [0.2, 0.25) is 5.91 Å². The molecule has 3 heteroatoms. The van der Waals surface area contributed by atoms with Gasteiger partial charge in [0.15, 0.2) is 0 Å². The van der Waals surface area contributed by atoms with E-state index in [2.05, 4.69) is 36.6 Å². The molecule has 0 aliphatic carbocycles. The number of hydrogen-bond donors (Lipinski definition) is 2. The topological polar surface area (TPSA) is 41.1 Å². The Hall–Kier alpha value is -0.830. The summed E-state index contributed by atoms with van der Waals surface area (Å²) in [5, 5.41) is 6.57. The highest BCUT2D eigenvalue weighted by molar-refractivity contribution is 5.75. The first kappa shape index (κ1) is 40.2. The van der Waals surface area contributed by atoms with Gasteiger partial charge in [-0.25, -0.2) is 0 Å². The van der Waals surface area contributed by atoms with Crippen molar-refractivity contribution in [2.45, 2.75) is 206 Å². The number of amides is 1. The highest BCUT2D eigenvalue weighted by Gasteiger charge is 2.00. The molecule has 0 aromatic carbocycles. The normalized spacial score (nSPS) is 11.6. The molecule has 41 heavy (non-hydrogen) atoms. The van der Waals surface area contributed by atoms with E-state index in [1.165, 1.54) is 180 Å². The molecule has 3 nitrogen and oxygen atoms in total. The van der Waals surface area contributed by atoms with Crippen molar-refractivity contribution in [1.29, 1.82) is 0 Å². The lowest BCUT2D eigenvalue weighted by molar-refractivity contribution is -0.121. The predicted molar refractivity (Wildman–Crippen MR) is 185 cm³/mol. The molecule has 0 radical (unpaired) electrons. The van der Waals surface area contributed by atoms with E-state index in [0.29, 0.717) is 6.42 Å². The highest BCUT2D eigenvalue weighted by atomic mass is 16.1. The van der Waals surface area contributed by atoms with Crippen LogP contribution < -0.4 is 10.6 Å². The molecule has 2 N–H and O–H groups in total. The van der Waals surface area contributed by atoms with Gasteiger partial charge in [0.25, 0.3) is 0 Å². The molecule has 0 aliphatic rings. The summed E-state index contributed by atoms with van der Waals surface area (Å²) in [5.41, 5.74) is 0. The first-order valence-electron chi connectivity index (χ1n) is 18.9. The van der Waals surface area contributed by atoms with E-state index >= 15 is 0 Å². The number of allylic oxidation sites excluding steroid dienone is 2. The Morgan fingerprint density at radius 3 is 1.22 bits per heavy atom. The van der Waals surface area contributed by atoms with Gasteiger partial charge in [-0.3, -0.25) is 4.79 Å². The minimum Gasteiger partial charge on any atom is -0.355 e. The maximum Gasteiger partial charge on any atom is 0.220 e. The Morgan fingerprint density at radius 1 is 0.415 bits per heavy atom. The third-order valence-electron chi connectivity index (χ3n) is 8.50. The molecule has 0 spiro atoms. The van der Waals surface area contributed by atoms with E-state index in [9.17, 15) is 4.79 Å². The maximum absolute atomic E-state index is 12.0. The van der Waals surface area contributed by atoms with Gasteiger partial charge in [-0.05, 0) is 45.1 Å². The monoisotopic (exact) mass is 577 g/mol. The largest absolute Gasteiger partial charge is 0.355 e. The number of rotatable bonds is 35. The molecule has 1 amide bonds. The van der Waals surface area contributed by atoms with Crippen molar-refractivity contribution in [3.05, 3.63) is 12.2 Å². The molecule has 0 aromatic heterocycles. The van der Waals surface area contributed by atoms with Crippen LogP contribution in [0.25, 0.3) is 0 Å². The number of carbonyl (C=O) groups excluding carboxylic acids is 1. The molecule has 0 aliphatic heterocycles. The van der Waals surface area contributed by atoms with Crippen molar-refractivity contribution >= 4 is 5.91 Å². The summed E-state index contributed by atoms with van der Waals surface area (Å²) in [5.74, 6) is 0.229. The zero-order valence-electron chi connectivity index (χ0n) is 28.4. The average molecular weight is 577 g/mol. The molecule has 0 bridgehead atoms. The molecule has 0 aromatic rings. The zero-order chi connectivity index (χ0) is 29.7. The van der Waals surface area contributed by atoms with E-state index < -0.39 is 0 Å². The standard InChI is InChI=1S/C38H76N2O/c1-3-5-7-9-11-13-15-17-19-21-23-25-27-29-31-33-35-39-36-37-40-38(41)34-32-30-28-26-24-22-20-18-16-14-12-10-8-6-4-2/h18,20,39H,3-17,19,21-37H2,1-2H3,(H,40,41). The van der Waals surface area contributed by atoms with Crippen LogP contribution >= 0.6 is 0 Å². The lowest BCUT2D eigenvalue weighted by Gasteiger charge is -2.07. The first-order chi connectivity index (χ1) is 20.3. The SMILES string of the molecule is CCCCCCCCC=CCCCCCCCC(=O)NCCNCCCCCCCCCCCCCCCCCC. The minimum atomic E-state index is 0.229. The molecule has 0 saturated carbocycles. The third-order valence-corrected chi connectivity index (χ3v) is 8.50. The minimum absolute atomic E-state index is 0.229. The van der Waals surface area contributed by atoms with Crippen LogP contribution in [0.3, 0.4) is 0 Å². The predicted octanol–water partition coefficient (Wildman–Crippen LogP) is 12.0. The van der Waals surface area contributed by atoms with Crippen LogP contribution in [0.1, 0.15) is 206 Å². The fraction of sp³-hybridized carbons (Fsp3) is 0.921. The van der Waals surface area contributed by atoms with E-state index in [-0.39, 0.29) is 5.91 Å².